The topological polar surface area (TPSA) is 54.0 Å². The van der Waals surface area contributed by atoms with E-state index in [4.69, 9.17) is 0 Å². The first kappa shape index (κ1) is 13.2. The van der Waals surface area contributed by atoms with E-state index in [-0.39, 0.29) is 5.91 Å². The summed E-state index contributed by atoms with van der Waals surface area (Å²) in [6.07, 6.45) is 0. The highest BCUT2D eigenvalue weighted by Gasteiger charge is 2.12. The van der Waals surface area contributed by atoms with E-state index in [1.165, 1.54) is 16.2 Å². The lowest BCUT2D eigenvalue weighted by Crippen LogP contribution is -2.24. The molecule has 0 spiro atoms. The first-order valence-electron chi connectivity index (χ1n) is 5.59. The molecule has 0 aliphatic carbocycles. The summed E-state index contributed by atoms with van der Waals surface area (Å²) in [5.41, 5.74) is 0.970. The third-order valence-electron chi connectivity index (χ3n) is 2.35. The number of hydrogen-bond acceptors (Lipinski definition) is 5. The molecule has 0 aliphatic rings. The Kier molecular flexibility index (Phi) is 4.11. The molecule has 0 aliphatic heterocycles. The number of carbonyl (C=O) groups is 1. The normalized spacial score (nSPS) is 10.6. The largest absolute Gasteiger partial charge is 0.311 e. The van der Waals surface area contributed by atoms with Crippen molar-refractivity contribution in [2.45, 2.75) is 13.8 Å². The number of thiazole rings is 1. The Morgan fingerprint density at radius 3 is 2.72 bits per heavy atom. The number of nitrogens with one attached hydrogen (secondary N) is 2. The molecule has 0 aromatic carbocycles. The molecule has 0 unspecified atom stereocenters. The van der Waals surface area contributed by atoms with E-state index in [1.54, 1.807) is 18.4 Å². The predicted molar refractivity (Wildman–Crippen MR) is 77.5 cm³/mol. The van der Waals surface area contributed by atoms with Crippen LogP contribution in [-0.2, 0) is 4.79 Å². The van der Waals surface area contributed by atoms with E-state index < -0.39 is 0 Å². The van der Waals surface area contributed by atoms with Crippen molar-refractivity contribution < 1.29 is 4.79 Å². The highest BCUT2D eigenvalue weighted by Crippen LogP contribution is 2.34. The second kappa shape index (κ2) is 5.60. The fraction of sp³-hybridized carbons (Fsp3) is 0.333. The SMILES string of the molecule is CNCC(=O)Nc1nc(-c2ccc(C)s2)c(C)s1. The molecule has 2 heterocycles. The number of thiophene rings is 1. The minimum Gasteiger partial charge on any atom is -0.311 e. The van der Waals surface area contributed by atoms with Crippen molar-refractivity contribution >= 4 is 33.7 Å². The average Bonchev–Trinajstić information content (AvgIpc) is 2.85. The van der Waals surface area contributed by atoms with Crippen LogP contribution in [0.1, 0.15) is 9.75 Å². The van der Waals surface area contributed by atoms with Gasteiger partial charge in [0.2, 0.25) is 5.91 Å². The number of nitrogens with zero attached hydrogens (tertiary/aromatic N) is 1. The van der Waals surface area contributed by atoms with Crippen molar-refractivity contribution in [3.05, 3.63) is 21.9 Å². The second-order valence-electron chi connectivity index (χ2n) is 3.91. The third-order valence-corrected chi connectivity index (χ3v) is 4.25. The molecule has 0 fully saturated rings. The van der Waals surface area contributed by atoms with E-state index in [0.29, 0.717) is 11.7 Å². The van der Waals surface area contributed by atoms with Gasteiger partial charge in [-0.3, -0.25) is 4.79 Å². The number of amides is 1. The molecule has 96 valence electrons. The molecule has 6 heteroatoms. The highest BCUT2D eigenvalue weighted by atomic mass is 32.1. The first-order valence-corrected chi connectivity index (χ1v) is 7.22. The molecule has 0 radical (unpaired) electrons. The summed E-state index contributed by atoms with van der Waals surface area (Å²) in [6, 6.07) is 4.15. The van der Waals surface area contributed by atoms with Crippen molar-refractivity contribution in [3.63, 3.8) is 0 Å². The minimum absolute atomic E-state index is 0.0693. The molecule has 0 saturated carbocycles. The van der Waals surface area contributed by atoms with Gasteiger partial charge in [-0.1, -0.05) is 0 Å². The summed E-state index contributed by atoms with van der Waals surface area (Å²) in [4.78, 5) is 19.5. The predicted octanol–water partition coefficient (Wildman–Crippen LogP) is 2.65. The maximum atomic E-state index is 11.5. The van der Waals surface area contributed by atoms with Gasteiger partial charge in [0.15, 0.2) is 5.13 Å². The van der Waals surface area contributed by atoms with Crippen LogP contribution in [-0.4, -0.2) is 24.5 Å². The Labute approximate surface area is 114 Å². The Bertz CT molecular complexity index is 559. The summed E-state index contributed by atoms with van der Waals surface area (Å²) < 4.78 is 0. The van der Waals surface area contributed by atoms with Gasteiger partial charge < -0.3 is 10.6 Å². The first-order chi connectivity index (χ1) is 8.60. The number of carbonyl (C=O) groups excluding carboxylic acids is 1. The number of anilines is 1. The molecular weight excluding hydrogens is 266 g/mol. The standard InChI is InChI=1S/C12H15N3OS2/c1-7-4-5-9(17-7)11-8(2)18-12(15-11)14-10(16)6-13-3/h4-5,13H,6H2,1-3H3,(H,14,15,16). The number of rotatable bonds is 4. The van der Waals surface area contributed by atoms with Crippen LogP contribution in [0.3, 0.4) is 0 Å². The summed E-state index contributed by atoms with van der Waals surface area (Å²) in [5.74, 6) is -0.0693. The van der Waals surface area contributed by atoms with Crippen LogP contribution in [0.25, 0.3) is 10.6 Å². The van der Waals surface area contributed by atoms with Crippen LogP contribution in [0, 0.1) is 13.8 Å². The van der Waals surface area contributed by atoms with Crippen LogP contribution in [0.15, 0.2) is 12.1 Å². The fourth-order valence-corrected chi connectivity index (χ4v) is 3.39. The molecule has 0 saturated heterocycles. The van der Waals surface area contributed by atoms with Crippen LogP contribution in [0.2, 0.25) is 0 Å². The van der Waals surface area contributed by atoms with Gasteiger partial charge in [0, 0.05) is 9.75 Å². The number of likely N-dealkylation sites (N-methyl/N-ethyl adjacent to an activating group) is 1. The Morgan fingerprint density at radius 2 is 2.11 bits per heavy atom. The van der Waals surface area contributed by atoms with Crippen molar-refractivity contribution in [3.8, 4) is 10.6 Å². The van der Waals surface area contributed by atoms with E-state index in [0.717, 1.165) is 15.4 Å². The van der Waals surface area contributed by atoms with E-state index in [9.17, 15) is 4.79 Å². The molecular formula is C12H15N3OS2. The zero-order valence-electron chi connectivity index (χ0n) is 10.5. The average molecular weight is 281 g/mol. The summed E-state index contributed by atoms with van der Waals surface area (Å²) in [6.45, 7) is 4.40. The summed E-state index contributed by atoms with van der Waals surface area (Å²) in [7, 11) is 1.74. The lowest BCUT2D eigenvalue weighted by atomic mass is 10.3. The molecule has 1 amide bonds. The van der Waals surface area contributed by atoms with Gasteiger partial charge in [0.1, 0.15) is 0 Å². The van der Waals surface area contributed by atoms with Crippen LogP contribution >= 0.6 is 22.7 Å². The van der Waals surface area contributed by atoms with Crippen molar-refractivity contribution in [2.75, 3.05) is 18.9 Å². The molecule has 2 rings (SSSR count). The number of aryl methyl sites for hydroxylation is 2. The van der Waals surface area contributed by atoms with Crippen LogP contribution < -0.4 is 10.6 Å². The maximum Gasteiger partial charge on any atom is 0.240 e. The Balaban J connectivity index is 2.19. The number of hydrogen-bond donors (Lipinski definition) is 2. The minimum atomic E-state index is -0.0693. The lowest BCUT2D eigenvalue weighted by molar-refractivity contribution is -0.115. The summed E-state index contributed by atoms with van der Waals surface area (Å²) >= 11 is 3.23. The second-order valence-corrected chi connectivity index (χ2v) is 6.40. The molecule has 0 bridgehead atoms. The highest BCUT2D eigenvalue weighted by molar-refractivity contribution is 7.18. The van der Waals surface area contributed by atoms with Gasteiger partial charge >= 0.3 is 0 Å². The number of aromatic nitrogens is 1. The van der Waals surface area contributed by atoms with Crippen LogP contribution in [0.5, 0.6) is 0 Å². The van der Waals surface area contributed by atoms with Gasteiger partial charge in [-0.25, -0.2) is 4.98 Å². The third kappa shape index (κ3) is 2.95. The molecule has 4 nitrogen and oxygen atoms in total. The monoisotopic (exact) mass is 281 g/mol. The van der Waals surface area contributed by atoms with Gasteiger partial charge in [0.05, 0.1) is 17.1 Å². The van der Waals surface area contributed by atoms with E-state index >= 15 is 0 Å². The smallest absolute Gasteiger partial charge is 0.240 e. The quantitative estimate of drug-likeness (QED) is 0.906. The summed E-state index contributed by atoms with van der Waals surface area (Å²) in [5, 5.41) is 6.26. The molecule has 18 heavy (non-hydrogen) atoms. The van der Waals surface area contributed by atoms with E-state index in [2.05, 4.69) is 34.7 Å². The zero-order chi connectivity index (χ0) is 13.1. The van der Waals surface area contributed by atoms with Crippen LogP contribution in [0.4, 0.5) is 5.13 Å². The maximum absolute atomic E-state index is 11.5. The van der Waals surface area contributed by atoms with Crippen molar-refractivity contribution in [2.24, 2.45) is 0 Å². The van der Waals surface area contributed by atoms with Gasteiger partial charge in [0.25, 0.3) is 0 Å². The Morgan fingerprint density at radius 1 is 1.33 bits per heavy atom. The van der Waals surface area contributed by atoms with Crippen molar-refractivity contribution in [1.29, 1.82) is 0 Å². The Hall–Kier alpha value is -1.24. The lowest BCUT2D eigenvalue weighted by Gasteiger charge is -1.98. The van der Waals surface area contributed by atoms with Gasteiger partial charge in [-0.15, -0.1) is 22.7 Å². The molecule has 2 N–H and O–H groups in total. The van der Waals surface area contributed by atoms with E-state index in [1.807, 2.05) is 6.92 Å². The molecule has 0 atom stereocenters. The molecule has 2 aromatic rings. The zero-order valence-corrected chi connectivity index (χ0v) is 12.2. The van der Waals surface area contributed by atoms with Crippen molar-refractivity contribution in [1.82, 2.24) is 10.3 Å². The van der Waals surface area contributed by atoms with Gasteiger partial charge in [-0.05, 0) is 33.0 Å². The molecule has 2 aromatic heterocycles. The fourth-order valence-electron chi connectivity index (χ4n) is 1.56. The van der Waals surface area contributed by atoms with Gasteiger partial charge in [-0.2, -0.15) is 0 Å².